The third kappa shape index (κ3) is 3.56. The van der Waals surface area contributed by atoms with Crippen LogP contribution in [0.25, 0.3) is 0 Å². The van der Waals surface area contributed by atoms with Gasteiger partial charge in [0.05, 0.1) is 6.42 Å². The Morgan fingerprint density at radius 2 is 1.78 bits per heavy atom. The summed E-state index contributed by atoms with van der Waals surface area (Å²) in [5.74, 6) is -3.69. The monoisotopic (exact) mass is 380 g/mol. The average Bonchev–Trinajstić information content (AvgIpc) is 3.52. The summed E-state index contributed by atoms with van der Waals surface area (Å²) in [4.78, 5) is 28.8. The molecule has 1 saturated carbocycles. The van der Waals surface area contributed by atoms with Crippen molar-refractivity contribution in [2.75, 3.05) is 19.6 Å². The van der Waals surface area contributed by atoms with Gasteiger partial charge in [0.1, 0.15) is 0 Å². The molecule has 2 heterocycles. The number of amides is 2. The van der Waals surface area contributed by atoms with E-state index in [-0.39, 0.29) is 41.7 Å². The molecule has 0 bridgehead atoms. The van der Waals surface area contributed by atoms with Crippen LogP contribution in [0, 0.1) is 29.3 Å². The molecular formula is C20H23F3N2O2. The molecule has 4 nitrogen and oxygen atoms in total. The van der Waals surface area contributed by atoms with Crippen molar-refractivity contribution in [2.45, 2.75) is 44.6 Å². The molecule has 1 aromatic rings. The molecule has 3 fully saturated rings. The van der Waals surface area contributed by atoms with Gasteiger partial charge in [-0.1, -0.05) is 6.07 Å². The molecule has 3 aliphatic rings. The van der Waals surface area contributed by atoms with Gasteiger partial charge in [-0.2, -0.15) is 0 Å². The molecule has 1 aliphatic carbocycles. The van der Waals surface area contributed by atoms with Gasteiger partial charge in [0.25, 0.3) is 0 Å². The predicted octanol–water partition coefficient (Wildman–Crippen LogP) is 2.90. The van der Waals surface area contributed by atoms with Crippen molar-refractivity contribution in [2.24, 2.45) is 11.8 Å². The zero-order valence-corrected chi connectivity index (χ0v) is 15.1. The van der Waals surface area contributed by atoms with Crippen molar-refractivity contribution in [3.8, 4) is 0 Å². The van der Waals surface area contributed by atoms with Gasteiger partial charge >= 0.3 is 0 Å². The summed E-state index contributed by atoms with van der Waals surface area (Å²) >= 11 is 0. The smallest absolute Gasteiger partial charge is 0.227 e. The highest BCUT2D eigenvalue weighted by Gasteiger charge is 2.42. The highest BCUT2D eigenvalue weighted by atomic mass is 19.2. The molecule has 1 aromatic carbocycles. The Bertz CT molecular complexity index is 766. The third-order valence-corrected chi connectivity index (χ3v) is 6.08. The molecular weight excluding hydrogens is 357 g/mol. The Morgan fingerprint density at radius 1 is 1.00 bits per heavy atom. The summed E-state index contributed by atoms with van der Waals surface area (Å²) in [5, 5.41) is 0. The van der Waals surface area contributed by atoms with E-state index in [1.165, 1.54) is 0 Å². The van der Waals surface area contributed by atoms with Crippen molar-refractivity contribution in [3.63, 3.8) is 0 Å². The molecule has 0 unspecified atom stereocenters. The maximum Gasteiger partial charge on any atom is 0.227 e. The van der Waals surface area contributed by atoms with Gasteiger partial charge in [0.15, 0.2) is 17.5 Å². The largest absolute Gasteiger partial charge is 0.342 e. The van der Waals surface area contributed by atoms with E-state index in [1.807, 2.05) is 4.90 Å². The van der Waals surface area contributed by atoms with E-state index >= 15 is 0 Å². The lowest BCUT2D eigenvalue weighted by Gasteiger charge is -2.47. The highest BCUT2D eigenvalue weighted by molar-refractivity contribution is 5.81. The standard InChI is InChI=1S/C20H23F3N2O2/c21-15-6-5-13(18(22)19(15)23)10-17(26)25-8-1-2-14-11-24(9-7-16(14)25)20(27)12-3-4-12/h5-6,12,14,16H,1-4,7-11H2/t14-,16+/m1/s1. The van der Waals surface area contributed by atoms with Crippen LogP contribution in [0.5, 0.6) is 0 Å². The molecule has 2 atom stereocenters. The van der Waals surface area contributed by atoms with Crippen molar-refractivity contribution < 1.29 is 22.8 Å². The number of likely N-dealkylation sites (tertiary alicyclic amines) is 2. The number of rotatable bonds is 3. The van der Waals surface area contributed by atoms with Crippen LogP contribution in [-0.4, -0.2) is 47.3 Å². The lowest BCUT2D eigenvalue weighted by Crippen LogP contribution is -2.57. The topological polar surface area (TPSA) is 40.6 Å². The first-order valence-electron chi connectivity index (χ1n) is 9.66. The summed E-state index contributed by atoms with van der Waals surface area (Å²) in [6.45, 7) is 1.89. The Hall–Kier alpha value is -2.05. The van der Waals surface area contributed by atoms with E-state index in [0.717, 1.165) is 44.2 Å². The minimum absolute atomic E-state index is 0.0304. The molecule has 2 amide bonds. The average molecular weight is 380 g/mol. The number of carbonyl (C=O) groups is 2. The first-order chi connectivity index (χ1) is 13.0. The van der Waals surface area contributed by atoms with Gasteiger partial charge in [0.2, 0.25) is 11.8 Å². The van der Waals surface area contributed by atoms with E-state index in [9.17, 15) is 22.8 Å². The van der Waals surface area contributed by atoms with Crippen LogP contribution in [0.2, 0.25) is 0 Å². The van der Waals surface area contributed by atoms with E-state index in [0.29, 0.717) is 19.6 Å². The van der Waals surface area contributed by atoms with Crippen LogP contribution < -0.4 is 0 Å². The molecule has 0 N–H and O–H groups in total. The number of piperidine rings is 2. The maximum absolute atomic E-state index is 13.9. The second-order valence-corrected chi connectivity index (χ2v) is 7.92. The van der Waals surface area contributed by atoms with Gasteiger partial charge in [-0.25, -0.2) is 13.2 Å². The predicted molar refractivity (Wildman–Crippen MR) is 92.2 cm³/mol. The number of carbonyl (C=O) groups excluding carboxylic acids is 2. The zero-order valence-electron chi connectivity index (χ0n) is 15.1. The van der Waals surface area contributed by atoms with E-state index in [2.05, 4.69) is 0 Å². The summed E-state index contributed by atoms with van der Waals surface area (Å²) in [7, 11) is 0. The normalized spacial score (nSPS) is 25.3. The quantitative estimate of drug-likeness (QED) is 0.757. The molecule has 146 valence electrons. The molecule has 4 rings (SSSR count). The van der Waals surface area contributed by atoms with Crippen molar-refractivity contribution in [1.29, 1.82) is 0 Å². The fourth-order valence-electron chi connectivity index (χ4n) is 4.47. The Balaban J connectivity index is 1.44. The minimum atomic E-state index is -1.54. The first-order valence-corrected chi connectivity index (χ1v) is 9.66. The van der Waals surface area contributed by atoms with Crippen molar-refractivity contribution in [1.82, 2.24) is 9.80 Å². The number of hydrogen-bond donors (Lipinski definition) is 0. The van der Waals surface area contributed by atoms with Crippen LogP contribution in [-0.2, 0) is 16.0 Å². The summed E-state index contributed by atoms with van der Waals surface area (Å²) in [6, 6.07) is 2.01. The maximum atomic E-state index is 13.9. The van der Waals surface area contributed by atoms with E-state index < -0.39 is 17.5 Å². The zero-order chi connectivity index (χ0) is 19.1. The molecule has 0 spiro atoms. The second-order valence-electron chi connectivity index (χ2n) is 7.92. The van der Waals surface area contributed by atoms with Crippen LogP contribution in [0.3, 0.4) is 0 Å². The summed E-state index contributed by atoms with van der Waals surface area (Å²) in [6.07, 6.45) is 4.19. The van der Waals surface area contributed by atoms with E-state index in [1.54, 1.807) is 4.90 Å². The third-order valence-electron chi connectivity index (χ3n) is 6.08. The van der Waals surface area contributed by atoms with Crippen molar-refractivity contribution >= 4 is 11.8 Å². The number of hydrogen-bond acceptors (Lipinski definition) is 2. The van der Waals surface area contributed by atoms with Crippen LogP contribution in [0.4, 0.5) is 13.2 Å². The summed E-state index contributed by atoms with van der Waals surface area (Å²) < 4.78 is 40.4. The SMILES string of the molecule is O=C(C1CC1)N1CC[C@H]2[C@H](CCCN2C(=O)Cc2ccc(F)c(F)c2F)C1. The Morgan fingerprint density at radius 3 is 2.52 bits per heavy atom. The van der Waals surface area contributed by atoms with Crippen molar-refractivity contribution in [3.05, 3.63) is 35.1 Å². The van der Waals surface area contributed by atoms with Gasteiger partial charge in [-0.3, -0.25) is 9.59 Å². The molecule has 27 heavy (non-hydrogen) atoms. The Labute approximate surface area is 156 Å². The Kier molecular flexibility index (Phi) is 4.86. The number of benzene rings is 1. The fourth-order valence-corrected chi connectivity index (χ4v) is 4.47. The lowest BCUT2D eigenvalue weighted by molar-refractivity contribution is -0.141. The summed E-state index contributed by atoms with van der Waals surface area (Å²) in [5.41, 5.74) is -0.123. The highest BCUT2D eigenvalue weighted by Crippen LogP contribution is 2.36. The molecule has 2 saturated heterocycles. The van der Waals surface area contributed by atoms with Gasteiger partial charge < -0.3 is 9.80 Å². The minimum Gasteiger partial charge on any atom is -0.342 e. The molecule has 0 radical (unpaired) electrons. The molecule has 7 heteroatoms. The van der Waals surface area contributed by atoms with Gasteiger partial charge in [-0.05, 0) is 44.1 Å². The van der Waals surface area contributed by atoms with Crippen LogP contribution >= 0.6 is 0 Å². The molecule has 0 aromatic heterocycles. The number of halogens is 3. The van der Waals surface area contributed by atoms with E-state index in [4.69, 9.17) is 0 Å². The lowest BCUT2D eigenvalue weighted by atomic mass is 9.83. The second kappa shape index (κ2) is 7.17. The fraction of sp³-hybridized carbons (Fsp3) is 0.600. The van der Waals surface area contributed by atoms with Crippen LogP contribution in [0.15, 0.2) is 12.1 Å². The van der Waals surface area contributed by atoms with Gasteiger partial charge in [0, 0.05) is 37.2 Å². The first kappa shape index (κ1) is 18.3. The number of nitrogens with zero attached hydrogens (tertiary/aromatic N) is 2. The number of fused-ring (bicyclic) bond motifs is 1. The molecule has 2 aliphatic heterocycles. The van der Waals surface area contributed by atoms with Gasteiger partial charge in [-0.15, -0.1) is 0 Å². The van der Waals surface area contributed by atoms with Crippen LogP contribution in [0.1, 0.15) is 37.7 Å².